The van der Waals surface area contributed by atoms with Crippen LogP contribution in [0.3, 0.4) is 0 Å². The Hall–Kier alpha value is -3.23. The molecule has 0 bridgehead atoms. The Morgan fingerprint density at radius 2 is 1.94 bits per heavy atom. The predicted molar refractivity (Wildman–Crippen MR) is 127 cm³/mol. The monoisotopic (exact) mass is 490 g/mol. The third-order valence-electron chi connectivity index (χ3n) is 4.78. The fourth-order valence-electron chi connectivity index (χ4n) is 3.23. The van der Waals surface area contributed by atoms with Gasteiger partial charge in [0.1, 0.15) is 16.6 Å². The summed E-state index contributed by atoms with van der Waals surface area (Å²) in [5.41, 5.74) is 3.09. The summed E-state index contributed by atoms with van der Waals surface area (Å²) < 4.78 is 6.85. The highest BCUT2D eigenvalue weighted by Crippen LogP contribution is 2.33. The number of nitrogens with zero attached hydrogens (tertiary/aromatic N) is 3. The largest absolute Gasteiger partial charge is 0.457 e. The number of furan rings is 1. The molecule has 0 fully saturated rings. The molecule has 0 aliphatic carbocycles. The van der Waals surface area contributed by atoms with Crippen molar-refractivity contribution in [1.82, 2.24) is 5.01 Å². The van der Waals surface area contributed by atoms with Crippen LogP contribution in [0.1, 0.15) is 16.9 Å². The van der Waals surface area contributed by atoms with E-state index in [1.807, 2.05) is 61.5 Å². The van der Waals surface area contributed by atoms with Crippen LogP contribution in [0.15, 0.2) is 85.2 Å². The average molecular weight is 491 g/mol. The quantitative estimate of drug-likeness (QED) is 0.478. The van der Waals surface area contributed by atoms with Gasteiger partial charge in [0.05, 0.1) is 5.57 Å². The van der Waals surface area contributed by atoms with Crippen molar-refractivity contribution >= 4 is 55.7 Å². The van der Waals surface area contributed by atoms with Crippen molar-refractivity contribution in [3.05, 3.63) is 87.6 Å². The lowest BCUT2D eigenvalue weighted by Gasteiger charge is -2.19. The molecule has 6 nitrogen and oxygen atoms in total. The van der Waals surface area contributed by atoms with E-state index >= 15 is 0 Å². The fourth-order valence-corrected chi connectivity index (χ4v) is 4.81. The van der Waals surface area contributed by atoms with Gasteiger partial charge in [-0.2, -0.15) is 15.1 Å². The molecule has 3 heterocycles. The minimum Gasteiger partial charge on any atom is -0.457 e. The number of rotatable bonds is 3. The van der Waals surface area contributed by atoms with E-state index in [1.54, 1.807) is 6.07 Å². The minimum atomic E-state index is -0.484. The summed E-state index contributed by atoms with van der Waals surface area (Å²) in [5, 5.41) is 15.5. The first-order valence-corrected chi connectivity index (χ1v) is 11.0. The number of aryl methyl sites for hydroxylation is 1. The Bertz CT molecular complexity index is 1320. The number of aliphatic imine (C=N–C) groups is 1. The second-order valence-electron chi connectivity index (χ2n) is 6.98. The Labute approximate surface area is 191 Å². The van der Waals surface area contributed by atoms with Gasteiger partial charge in [-0.15, -0.1) is 0 Å². The average Bonchev–Trinajstić information content (AvgIpc) is 3.39. The van der Waals surface area contributed by atoms with E-state index < -0.39 is 5.91 Å². The summed E-state index contributed by atoms with van der Waals surface area (Å²) in [5.74, 6) is 0.623. The summed E-state index contributed by atoms with van der Waals surface area (Å²) in [4.78, 5) is 16.8. The Balaban J connectivity index is 1.45. The first kappa shape index (κ1) is 19.7. The van der Waals surface area contributed by atoms with Gasteiger partial charge < -0.3 is 4.42 Å². The van der Waals surface area contributed by atoms with E-state index in [2.05, 4.69) is 26.0 Å². The SMILES string of the molecule is Cc1ccc(-c2ccc(/C=C3/C(=N)N4N=C(c5ccccc5)SC4=NC3=O)o2)c(Br)c1. The van der Waals surface area contributed by atoms with Crippen LogP contribution in [0, 0.1) is 12.3 Å². The summed E-state index contributed by atoms with van der Waals surface area (Å²) in [7, 11) is 0. The van der Waals surface area contributed by atoms with Gasteiger partial charge in [-0.25, -0.2) is 0 Å². The van der Waals surface area contributed by atoms with Crippen LogP contribution < -0.4 is 0 Å². The van der Waals surface area contributed by atoms with Gasteiger partial charge in [0, 0.05) is 15.6 Å². The molecule has 1 aromatic heterocycles. The van der Waals surface area contributed by atoms with Crippen LogP contribution in [-0.4, -0.2) is 27.0 Å². The molecular formula is C23H15BrN4O2S. The molecule has 2 aromatic carbocycles. The summed E-state index contributed by atoms with van der Waals surface area (Å²) >= 11 is 4.84. The number of amidine groups is 2. The summed E-state index contributed by atoms with van der Waals surface area (Å²) in [6, 6.07) is 19.2. The van der Waals surface area contributed by atoms with E-state index in [-0.39, 0.29) is 11.4 Å². The summed E-state index contributed by atoms with van der Waals surface area (Å²) in [6.07, 6.45) is 1.54. The standard InChI is InChI=1S/C23H15BrN4O2S/c1-13-7-9-16(18(24)11-13)19-10-8-15(30-19)12-17-20(25)28-23(26-21(17)29)31-22(27-28)14-5-3-2-4-6-14/h2-12,25H,1H3/b17-12-,25-20?. The van der Waals surface area contributed by atoms with Crippen LogP contribution >= 0.6 is 27.7 Å². The van der Waals surface area contributed by atoms with E-state index in [0.717, 1.165) is 21.2 Å². The first-order chi connectivity index (χ1) is 15.0. The normalized spacial score (nSPS) is 17.1. The number of carbonyl (C=O) groups is 1. The Morgan fingerprint density at radius 1 is 1.13 bits per heavy atom. The van der Waals surface area contributed by atoms with Crippen molar-refractivity contribution in [3.8, 4) is 11.3 Å². The van der Waals surface area contributed by atoms with Crippen LogP contribution in [0.4, 0.5) is 0 Å². The number of nitrogens with one attached hydrogen (secondary N) is 1. The highest BCUT2D eigenvalue weighted by Gasteiger charge is 2.36. The van der Waals surface area contributed by atoms with Gasteiger partial charge in [-0.05, 0) is 54.6 Å². The number of hydrazone groups is 1. The molecule has 2 aliphatic heterocycles. The molecule has 0 atom stereocenters. The zero-order valence-corrected chi connectivity index (χ0v) is 18.7. The zero-order chi connectivity index (χ0) is 21.5. The molecule has 31 heavy (non-hydrogen) atoms. The van der Waals surface area contributed by atoms with Gasteiger partial charge in [-0.3, -0.25) is 10.2 Å². The smallest absolute Gasteiger partial charge is 0.283 e. The van der Waals surface area contributed by atoms with Crippen LogP contribution in [0.2, 0.25) is 0 Å². The molecule has 0 spiro atoms. The van der Waals surface area contributed by atoms with Crippen molar-refractivity contribution in [3.63, 3.8) is 0 Å². The maximum Gasteiger partial charge on any atom is 0.283 e. The van der Waals surface area contributed by atoms with Gasteiger partial charge in [0.2, 0.25) is 5.17 Å². The number of benzene rings is 2. The lowest BCUT2D eigenvalue weighted by atomic mass is 10.1. The van der Waals surface area contributed by atoms with E-state index in [9.17, 15) is 4.79 Å². The molecule has 0 saturated heterocycles. The second-order valence-corrected chi connectivity index (χ2v) is 8.79. The van der Waals surface area contributed by atoms with Crippen LogP contribution in [-0.2, 0) is 4.79 Å². The molecule has 152 valence electrons. The van der Waals surface area contributed by atoms with Crippen molar-refractivity contribution in [2.24, 2.45) is 10.1 Å². The Morgan fingerprint density at radius 3 is 2.71 bits per heavy atom. The van der Waals surface area contributed by atoms with Gasteiger partial charge in [0.25, 0.3) is 5.91 Å². The van der Waals surface area contributed by atoms with Crippen molar-refractivity contribution in [2.45, 2.75) is 6.92 Å². The number of hydrogen-bond donors (Lipinski definition) is 1. The minimum absolute atomic E-state index is 0.0251. The molecule has 0 radical (unpaired) electrons. The third kappa shape index (κ3) is 3.68. The molecule has 1 N–H and O–H groups in total. The first-order valence-electron chi connectivity index (χ1n) is 9.41. The predicted octanol–water partition coefficient (Wildman–Crippen LogP) is 5.68. The lowest BCUT2D eigenvalue weighted by Crippen LogP contribution is -2.35. The molecular weight excluding hydrogens is 476 g/mol. The van der Waals surface area contributed by atoms with E-state index in [4.69, 9.17) is 9.83 Å². The number of amides is 1. The van der Waals surface area contributed by atoms with Crippen molar-refractivity contribution in [2.75, 3.05) is 0 Å². The van der Waals surface area contributed by atoms with Gasteiger partial charge in [-0.1, -0.05) is 52.3 Å². The zero-order valence-electron chi connectivity index (χ0n) is 16.3. The van der Waals surface area contributed by atoms with Gasteiger partial charge >= 0.3 is 0 Å². The number of carbonyl (C=O) groups excluding carboxylic acids is 1. The van der Waals surface area contributed by atoms with E-state index in [0.29, 0.717) is 21.7 Å². The molecule has 8 heteroatoms. The molecule has 0 unspecified atom stereocenters. The summed E-state index contributed by atoms with van der Waals surface area (Å²) in [6.45, 7) is 2.02. The van der Waals surface area contributed by atoms with E-state index in [1.165, 1.54) is 22.8 Å². The Kier molecular flexibility index (Phi) is 4.95. The topological polar surface area (TPSA) is 82.0 Å². The number of hydrogen-bond acceptors (Lipinski definition) is 5. The van der Waals surface area contributed by atoms with Crippen LogP contribution in [0.5, 0.6) is 0 Å². The third-order valence-corrected chi connectivity index (χ3v) is 6.39. The fraction of sp³-hybridized carbons (Fsp3) is 0.0435. The molecule has 1 amide bonds. The highest BCUT2D eigenvalue weighted by atomic mass is 79.9. The van der Waals surface area contributed by atoms with Crippen molar-refractivity contribution in [1.29, 1.82) is 5.41 Å². The molecule has 3 aromatic rings. The van der Waals surface area contributed by atoms with Crippen LogP contribution in [0.25, 0.3) is 17.4 Å². The number of halogens is 1. The number of thioether (sulfide) groups is 1. The molecule has 5 rings (SSSR count). The maximum atomic E-state index is 12.6. The second kappa shape index (κ2) is 7.79. The molecule has 2 aliphatic rings. The maximum absolute atomic E-state index is 12.6. The number of fused-ring (bicyclic) bond motifs is 1. The molecule has 0 saturated carbocycles. The highest BCUT2D eigenvalue weighted by molar-refractivity contribution is 9.10. The van der Waals surface area contributed by atoms with Gasteiger partial charge in [0.15, 0.2) is 5.84 Å². The lowest BCUT2D eigenvalue weighted by molar-refractivity contribution is -0.114. The van der Waals surface area contributed by atoms with Crippen molar-refractivity contribution < 1.29 is 9.21 Å².